The van der Waals surface area contributed by atoms with Crippen molar-refractivity contribution in [2.24, 2.45) is 0 Å². The van der Waals surface area contributed by atoms with E-state index in [2.05, 4.69) is 252 Å². The fourth-order valence-electron chi connectivity index (χ4n) is 12.2. The molecular formula is C70H47N3O2. The number of ether oxygens (including phenoxy) is 1. The van der Waals surface area contributed by atoms with E-state index in [0.717, 1.165) is 107 Å². The number of benzene rings is 11. The molecule has 2 aliphatic rings. The third kappa shape index (κ3) is 6.61. The molecule has 75 heavy (non-hydrogen) atoms. The smallest absolute Gasteiger partial charge is 0.193 e. The van der Waals surface area contributed by atoms with Crippen molar-refractivity contribution >= 4 is 66.5 Å². The minimum Gasteiger partial charge on any atom is -0.453 e. The van der Waals surface area contributed by atoms with Crippen LogP contribution in [0.5, 0.6) is 11.5 Å². The molecule has 0 bridgehead atoms. The summed E-state index contributed by atoms with van der Waals surface area (Å²) in [5, 5.41) is 4.82. The van der Waals surface area contributed by atoms with Gasteiger partial charge in [0.2, 0.25) is 0 Å². The summed E-state index contributed by atoms with van der Waals surface area (Å²) >= 11 is 0. The Labute approximate surface area is 434 Å². The van der Waals surface area contributed by atoms with E-state index in [1.807, 2.05) is 24.3 Å². The monoisotopic (exact) mass is 961 g/mol. The van der Waals surface area contributed by atoms with Crippen molar-refractivity contribution in [1.29, 1.82) is 0 Å². The second kappa shape index (κ2) is 16.4. The van der Waals surface area contributed by atoms with Gasteiger partial charge in [0.1, 0.15) is 0 Å². The lowest BCUT2D eigenvalue weighted by atomic mass is 9.68. The molecule has 0 fully saturated rings. The van der Waals surface area contributed by atoms with Crippen molar-refractivity contribution in [2.75, 3.05) is 4.90 Å². The van der Waals surface area contributed by atoms with E-state index in [1.54, 1.807) is 0 Å². The van der Waals surface area contributed by atoms with Crippen LogP contribution in [0.3, 0.4) is 0 Å². The number of hydrogen-bond donors (Lipinski definition) is 0. The number of fused-ring (bicyclic) bond motifs is 10. The third-order valence-corrected chi connectivity index (χ3v) is 15.9. The molecule has 354 valence electrons. The average molecular weight is 962 g/mol. The first-order valence-electron chi connectivity index (χ1n) is 25.7. The van der Waals surface area contributed by atoms with Gasteiger partial charge in [0.25, 0.3) is 0 Å². The molecule has 11 aromatic carbocycles. The fraction of sp³-hybridized carbons (Fsp3) is 0.0429. The normalized spacial score (nSPS) is 13.4. The van der Waals surface area contributed by atoms with Gasteiger partial charge in [0, 0.05) is 55.1 Å². The topological polar surface area (TPSA) is 39.4 Å². The molecule has 13 aromatic rings. The number of rotatable bonds is 6. The minimum absolute atomic E-state index is 0.0882. The molecule has 0 spiro atoms. The lowest BCUT2D eigenvalue weighted by molar-refractivity contribution is 0.103. The highest BCUT2D eigenvalue weighted by molar-refractivity contribution is 6.14. The van der Waals surface area contributed by atoms with Crippen molar-refractivity contribution in [3.63, 3.8) is 0 Å². The molecule has 2 aromatic heterocycles. The molecule has 5 heteroatoms. The standard InChI is InChI=1S/C70H47N3O2/c1-70(2)59-22-12-9-21-55(59)69(74)56-34-27-47(41-60(56)70)44-25-32-52(33-26-44)73-65-37-30-48(45-28-35-63-57(39-45)53-19-10-13-23-61(53)71(63)50-15-5-3-6-16-50)42-67(65)75-68-43-49(31-38-66(68)73)46-29-36-64-58(40-46)54-20-11-14-24-62(54)72(64)51-17-7-4-8-18-51/h3-43H,1-2H3. The highest BCUT2D eigenvalue weighted by Gasteiger charge is 2.37. The van der Waals surface area contributed by atoms with Crippen LogP contribution in [0, 0.1) is 0 Å². The summed E-state index contributed by atoms with van der Waals surface area (Å²) in [4.78, 5) is 16.1. The highest BCUT2D eigenvalue weighted by atomic mass is 16.5. The van der Waals surface area contributed by atoms with Crippen LogP contribution in [0.15, 0.2) is 249 Å². The Bertz CT molecular complexity index is 4280. The molecular weight excluding hydrogens is 915 g/mol. The average Bonchev–Trinajstić information content (AvgIpc) is 4.00. The van der Waals surface area contributed by atoms with Crippen LogP contribution in [0.25, 0.3) is 88.4 Å². The molecule has 3 heterocycles. The molecule has 0 saturated heterocycles. The van der Waals surface area contributed by atoms with E-state index >= 15 is 0 Å². The molecule has 0 atom stereocenters. The Morgan fingerprint density at radius 3 is 1.33 bits per heavy atom. The molecule has 0 unspecified atom stereocenters. The summed E-state index contributed by atoms with van der Waals surface area (Å²) in [5.74, 6) is 1.64. The second-order valence-corrected chi connectivity index (χ2v) is 20.4. The second-order valence-electron chi connectivity index (χ2n) is 20.4. The predicted molar refractivity (Wildman–Crippen MR) is 308 cm³/mol. The van der Waals surface area contributed by atoms with Gasteiger partial charge in [0.05, 0.1) is 33.4 Å². The van der Waals surface area contributed by atoms with E-state index in [4.69, 9.17) is 4.74 Å². The van der Waals surface area contributed by atoms with E-state index in [9.17, 15) is 4.79 Å². The summed E-state index contributed by atoms with van der Waals surface area (Å²) in [5.41, 5.74) is 19.8. The van der Waals surface area contributed by atoms with Gasteiger partial charge in [-0.05, 0) is 148 Å². The lowest BCUT2D eigenvalue weighted by Crippen LogP contribution is -2.30. The maximum atomic E-state index is 13.7. The van der Waals surface area contributed by atoms with E-state index in [1.165, 1.54) is 32.6 Å². The number of anilines is 3. The maximum absolute atomic E-state index is 13.7. The zero-order valence-corrected chi connectivity index (χ0v) is 41.3. The fourth-order valence-corrected chi connectivity index (χ4v) is 12.2. The summed E-state index contributed by atoms with van der Waals surface area (Å²) in [6.45, 7) is 4.44. The van der Waals surface area contributed by atoms with Gasteiger partial charge in [-0.3, -0.25) is 4.79 Å². The summed E-state index contributed by atoms with van der Waals surface area (Å²) in [6, 6.07) is 88.5. The van der Waals surface area contributed by atoms with Crippen LogP contribution < -0.4 is 9.64 Å². The number of para-hydroxylation sites is 4. The first kappa shape index (κ1) is 42.9. The van der Waals surface area contributed by atoms with Crippen molar-refractivity contribution in [3.8, 4) is 56.3 Å². The van der Waals surface area contributed by atoms with Gasteiger partial charge in [-0.2, -0.15) is 0 Å². The van der Waals surface area contributed by atoms with E-state index in [0.29, 0.717) is 0 Å². The molecule has 5 nitrogen and oxygen atoms in total. The van der Waals surface area contributed by atoms with Gasteiger partial charge in [0.15, 0.2) is 17.3 Å². The van der Waals surface area contributed by atoms with Crippen molar-refractivity contribution < 1.29 is 9.53 Å². The van der Waals surface area contributed by atoms with E-state index in [-0.39, 0.29) is 11.2 Å². The first-order chi connectivity index (χ1) is 36.9. The lowest BCUT2D eigenvalue weighted by Gasteiger charge is -2.34. The van der Waals surface area contributed by atoms with E-state index < -0.39 is 0 Å². The van der Waals surface area contributed by atoms with Crippen LogP contribution in [-0.2, 0) is 5.41 Å². The Morgan fingerprint density at radius 1 is 0.333 bits per heavy atom. The SMILES string of the molecule is CC1(C)c2ccccc2C(=O)c2ccc(-c3ccc(N4c5ccc(-c6ccc7c(c6)c6ccccc6n7-c6ccccc6)cc5Oc5cc(-c6ccc7c(c6)c6ccccc6n7-c6ccccc6)ccc54)cc3)cc21. The summed E-state index contributed by atoms with van der Waals surface area (Å²) < 4.78 is 11.8. The number of aromatic nitrogens is 2. The van der Waals surface area contributed by atoms with Gasteiger partial charge >= 0.3 is 0 Å². The Kier molecular flexibility index (Phi) is 9.39. The Hall–Kier alpha value is -9.71. The van der Waals surface area contributed by atoms with Crippen LogP contribution in [0.4, 0.5) is 17.1 Å². The molecule has 0 amide bonds. The summed E-state index contributed by atoms with van der Waals surface area (Å²) in [7, 11) is 0. The Morgan fingerprint density at radius 2 is 0.760 bits per heavy atom. The minimum atomic E-state index is -0.325. The van der Waals surface area contributed by atoms with Crippen LogP contribution in [-0.4, -0.2) is 14.9 Å². The number of hydrogen-bond acceptors (Lipinski definition) is 3. The molecule has 0 radical (unpaired) electrons. The first-order valence-corrected chi connectivity index (χ1v) is 25.7. The third-order valence-electron chi connectivity index (χ3n) is 15.9. The highest BCUT2D eigenvalue weighted by Crippen LogP contribution is 2.53. The molecule has 1 aliphatic heterocycles. The maximum Gasteiger partial charge on any atom is 0.193 e. The largest absolute Gasteiger partial charge is 0.453 e. The van der Waals surface area contributed by atoms with Crippen molar-refractivity contribution in [2.45, 2.75) is 19.3 Å². The quantitative estimate of drug-likeness (QED) is 0.167. The van der Waals surface area contributed by atoms with Gasteiger partial charge in [-0.1, -0.05) is 159 Å². The van der Waals surface area contributed by atoms with Crippen LogP contribution in [0.1, 0.15) is 40.9 Å². The number of ketones is 1. The van der Waals surface area contributed by atoms with Crippen LogP contribution >= 0.6 is 0 Å². The molecule has 1 aliphatic carbocycles. The van der Waals surface area contributed by atoms with Crippen LogP contribution in [0.2, 0.25) is 0 Å². The number of carbonyl (C=O) groups is 1. The molecule has 0 N–H and O–H groups in total. The number of carbonyl (C=O) groups excluding carboxylic acids is 1. The predicted octanol–water partition coefficient (Wildman–Crippen LogP) is 18.3. The zero-order chi connectivity index (χ0) is 49.9. The summed E-state index contributed by atoms with van der Waals surface area (Å²) in [6.07, 6.45) is 0. The molecule has 15 rings (SSSR count). The molecule has 0 saturated carbocycles. The van der Waals surface area contributed by atoms with Crippen molar-refractivity contribution in [1.82, 2.24) is 9.13 Å². The van der Waals surface area contributed by atoms with Gasteiger partial charge in [-0.15, -0.1) is 0 Å². The van der Waals surface area contributed by atoms with Gasteiger partial charge < -0.3 is 18.8 Å². The van der Waals surface area contributed by atoms with Crippen molar-refractivity contribution in [3.05, 3.63) is 271 Å². The van der Waals surface area contributed by atoms with Gasteiger partial charge in [-0.25, -0.2) is 0 Å². The zero-order valence-electron chi connectivity index (χ0n) is 41.3. The Balaban J connectivity index is 0.847. The number of nitrogens with zero attached hydrogens (tertiary/aromatic N) is 3.